The molecule has 35 heavy (non-hydrogen) atoms. The summed E-state index contributed by atoms with van der Waals surface area (Å²) in [7, 11) is -3.97. The molecular weight excluding hydrogens is 580 g/mol. The van der Waals surface area contributed by atoms with Crippen molar-refractivity contribution in [3.05, 3.63) is 67.4 Å². The van der Waals surface area contributed by atoms with Crippen LogP contribution in [0, 0.1) is 5.92 Å². The van der Waals surface area contributed by atoms with Crippen LogP contribution in [-0.2, 0) is 14.5 Å². The summed E-state index contributed by atoms with van der Waals surface area (Å²) in [5.74, 6) is 0.137. The molecule has 3 aromatic rings. The molecule has 1 saturated carbocycles. The van der Waals surface area contributed by atoms with Gasteiger partial charge in [-0.2, -0.15) is 8.42 Å². The molecule has 2 unspecified atom stereocenters. The van der Waals surface area contributed by atoms with Crippen molar-refractivity contribution < 1.29 is 17.4 Å². The highest BCUT2D eigenvalue weighted by molar-refractivity contribution is 9.10. The Morgan fingerprint density at radius 3 is 2.91 bits per heavy atom. The minimum Gasteiger partial charge on any atom is -0.367 e. The number of ketones is 1. The molecule has 0 saturated heterocycles. The van der Waals surface area contributed by atoms with E-state index in [9.17, 15) is 13.2 Å². The van der Waals surface area contributed by atoms with Gasteiger partial charge in [0.25, 0.3) is 0 Å². The third kappa shape index (κ3) is 6.61. The van der Waals surface area contributed by atoms with Gasteiger partial charge in [0.1, 0.15) is 16.7 Å². The minimum atomic E-state index is -3.97. The molecule has 3 aromatic heterocycles. The Balaban J connectivity index is 1.49. The molecular formula is C21H22BrClN6O4S2. The number of hydrogen-bond acceptors (Lipinski definition) is 10. The molecule has 5 N–H and O–H groups in total. The van der Waals surface area contributed by atoms with Gasteiger partial charge in [0, 0.05) is 17.8 Å². The van der Waals surface area contributed by atoms with Crippen LogP contribution in [0.15, 0.2) is 41.4 Å². The van der Waals surface area contributed by atoms with Gasteiger partial charge in [0.05, 0.1) is 33.1 Å². The first-order chi connectivity index (χ1) is 16.6. The van der Waals surface area contributed by atoms with Crippen LogP contribution in [0.3, 0.4) is 0 Å². The Morgan fingerprint density at radius 1 is 1.37 bits per heavy atom. The maximum absolute atomic E-state index is 13.4. The molecule has 14 heteroatoms. The third-order valence-electron chi connectivity index (χ3n) is 5.63. The van der Waals surface area contributed by atoms with E-state index in [1.807, 2.05) is 6.07 Å². The normalized spacial score (nSPS) is 19.0. The Hall–Kier alpha value is -2.00. The molecule has 0 aromatic carbocycles. The molecule has 4 rings (SSSR count). The maximum atomic E-state index is 13.4. The molecule has 0 amide bonds. The van der Waals surface area contributed by atoms with E-state index in [-0.39, 0.29) is 24.3 Å². The second kappa shape index (κ2) is 10.9. The number of halogens is 2. The summed E-state index contributed by atoms with van der Waals surface area (Å²) in [6.07, 6.45) is 4.98. The molecule has 0 aliphatic heterocycles. The van der Waals surface area contributed by atoms with E-state index in [2.05, 4.69) is 36.2 Å². The van der Waals surface area contributed by atoms with E-state index in [0.29, 0.717) is 42.9 Å². The lowest BCUT2D eigenvalue weighted by Crippen LogP contribution is -2.22. The quantitative estimate of drug-likeness (QED) is 0.246. The fourth-order valence-corrected chi connectivity index (χ4v) is 6.00. The highest BCUT2D eigenvalue weighted by Crippen LogP contribution is 2.36. The van der Waals surface area contributed by atoms with Gasteiger partial charge in [-0.3, -0.25) is 8.98 Å². The molecule has 0 bridgehead atoms. The van der Waals surface area contributed by atoms with Crippen molar-refractivity contribution in [1.29, 1.82) is 0 Å². The van der Waals surface area contributed by atoms with Gasteiger partial charge >= 0.3 is 10.3 Å². The van der Waals surface area contributed by atoms with Gasteiger partial charge in [0.2, 0.25) is 5.78 Å². The fourth-order valence-electron chi connectivity index (χ4n) is 3.95. The number of carbonyl (C=O) groups is 1. The van der Waals surface area contributed by atoms with Gasteiger partial charge in [0.15, 0.2) is 0 Å². The molecule has 3 heterocycles. The number of hydrogen-bond donors (Lipinski definition) is 3. The maximum Gasteiger partial charge on any atom is 0.333 e. The number of nitrogens with two attached hydrogens (primary N) is 2. The van der Waals surface area contributed by atoms with Crippen LogP contribution >= 0.6 is 38.9 Å². The molecule has 10 nitrogen and oxygen atoms in total. The van der Waals surface area contributed by atoms with E-state index in [0.717, 1.165) is 24.2 Å². The summed E-state index contributed by atoms with van der Waals surface area (Å²) in [4.78, 5) is 26.4. The van der Waals surface area contributed by atoms with Crippen molar-refractivity contribution in [2.75, 3.05) is 11.9 Å². The van der Waals surface area contributed by atoms with Crippen LogP contribution < -0.4 is 16.2 Å². The summed E-state index contributed by atoms with van der Waals surface area (Å²) < 4.78 is 27.9. The lowest BCUT2D eigenvalue weighted by atomic mass is 10.1. The Morgan fingerprint density at radius 2 is 2.17 bits per heavy atom. The zero-order chi connectivity index (χ0) is 25.2. The number of thiophene rings is 1. The van der Waals surface area contributed by atoms with Gasteiger partial charge in [-0.25, -0.2) is 20.1 Å². The zero-order valence-corrected chi connectivity index (χ0v) is 22.2. The van der Waals surface area contributed by atoms with E-state index < -0.39 is 16.3 Å². The third-order valence-corrected chi connectivity index (χ3v) is 7.93. The van der Waals surface area contributed by atoms with Crippen LogP contribution in [0.1, 0.15) is 51.8 Å². The number of rotatable bonds is 9. The van der Waals surface area contributed by atoms with E-state index in [4.69, 9.17) is 26.7 Å². The van der Waals surface area contributed by atoms with Gasteiger partial charge < -0.3 is 11.1 Å². The summed E-state index contributed by atoms with van der Waals surface area (Å²) in [6.45, 7) is 0.0240. The summed E-state index contributed by atoms with van der Waals surface area (Å²) in [5, 5.41) is 8.20. The molecule has 186 valence electrons. The first-order valence-corrected chi connectivity index (χ1v) is 14.0. The fraction of sp³-hybridized carbons (Fsp3) is 0.333. The second-order valence-corrected chi connectivity index (χ2v) is 11.8. The summed E-state index contributed by atoms with van der Waals surface area (Å²) in [5.41, 5.74) is 7.90. The van der Waals surface area contributed by atoms with E-state index in [1.54, 1.807) is 18.2 Å². The first-order valence-electron chi connectivity index (χ1n) is 10.6. The summed E-state index contributed by atoms with van der Waals surface area (Å²) >= 11 is 10.9. The van der Waals surface area contributed by atoms with E-state index >= 15 is 0 Å². The lowest BCUT2D eigenvalue weighted by molar-refractivity contribution is 0.104. The summed E-state index contributed by atoms with van der Waals surface area (Å²) in [6, 6.07) is 6.48. The Kier molecular flexibility index (Phi) is 8.16. The number of nitrogens with one attached hydrogen (secondary N) is 1. The monoisotopic (exact) mass is 600 g/mol. The van der Waals surface area contributed by atoms with Crippen LogP contribution in [0.5, 0.6) is 0 Å². The average Bonchev–Trinajstić information content (AvgIpc) is 3.43. The molecule has 0 spiro atoms. The van der Waals surface area contributed by atoms with Crippen LogP contribution in [0.25, 0.3) is 0 Å². The molecule has 1 aliphatic rings. The van der Waals surface area contributed by atoms with Crippen molar-refractivity contribution in [1.82, 2.24) is 15.0 Å². The molecule has 1 fully saturated rings. The Bertz CT molecular complexity index is 1340. The van der Waals surface area contributed by atoms with Crippen molar-refractivity contribution in [3.63, 3.8) is 0 Å². The van der Waals surface area contributed by atoms with Crippen LogP contribution in [-0.4, -0.2) is 41.8 Å². The number of pyridine rings is 1. The van der Waals surface area contributed by atoms with Crippen LogP contribution in [0.4, 0.5) is 5.82 Å². The van der Waals surface area contributed by atoms with Crippen molar-refractivity contribution in [3.8, 4) is 0 Å². The SMILES string of the molecule is NC(c1cccc(Br)n1)c1cc(C(=O)c2cncnc2NC2CC[C@@H](COS(N)(=O)=O)C2)sc1Cl. The number of aromatic nitrogens is 3. The van der Waals surface area contributed by atoms with Gasteiger partial charge in [-0.15, -0.1) is 11.3 Å². The number of carbonyl (C=O) groups excluding carboxylic acids is 1. The van der Waals surface area contributed by atoms with Gasteiger partial charge in [-0.05, 0) is 59.3 Å². The van der Waals surface area contributed by atoms with Crippen molar-refractivity contribution >= 4 is 60.8 Å². The molecule has 3 atom stereocenters. The zero-order valence-electron chi connectivity index (χ0n) is 18.2. The minimum absolute atomic E-state index is 0.0102. The van der Waals surface area contributed by atoms with Gasteiger partial charge in [-0.1, -0.05) is 17.7 Å². The number of anilines is 1. The number of nitrogens with zero attached hydrogens (tertiary/aromatic N) is 3. The predicted octanol–water partition coefficient (Wildman–Crippen LogP) is 3.43. The lowest BCUT2D eigenvalue weighted by Gasteiger charge is -2.15. The van der Waals surface area contributed by atoms with Crippen molar-refractivity contribution in [2.24, 2.45) is 16.8 Å². The standard InChI is InChI=1S/C21H22BrClN6O4S2/c22-17-3-1-2-15(29-17)18(24)13-7-16(34-20(13)23)19(30)14-8-26-10-27-21(14)28-12-5-4-11(6-12)9-33-35(25,31)32/h1-3,7-8,10-12,18H,4-6,9,24H2,(H2,25,31,32)(H,26,27,28)/t11-,12?,18?/m1/s1. The topological polar surface area (TPSA) is 163 Å². The second-order valence-electron chi connectivity index (χ2n) is 8.11. The van der Waals surface area contributed by atoms with E-state index in [1.165, 1.54) is 12.5 Å². The average molecular weight is 602 g/mol. The highest BCUT2D eigenvalue weighted by atomic mass is 79.9. The highest BCUT2D eigenvalue weighted by Gasteiger charge is 2.28. The smallest absolute Gasteiger partial charge is 0.333 e. The van der Waals surface area contributed by atoms with Crippen molar-refractivity contribution in [2.45, 2.75) is 31.3 Å². The predicted molar refractivity (Wildman–Crippen MR) is 137 cm³/mol. The van der Waals surface area contributed by atoms with Crippen LogP contribution in [0.2, 0.25) is 4.34 Å². The first kappa shape index (κ1) is 26.1. The molecule has 1 aliphatic carbocycles. The largest absolute Gasteiger partial charge is 0.367 e. The Labute approximate surface area is 219 Å². The molecule has 0 radical (unpaired) electrons.